The van der Waals surface area contributed by atoms with Crippen LogP contribution in [0.4, 0.5) is 4.79 Å². The molecule has 3 aromatic rings. The molecule has 1 amide bonds. The van der Waals surface area contributed by atoms with Crippen molar-refractivity contribution in [3.8, 4) is 17.0 Å². The van der Waals surface area contributed by atoms with E-state index in [1.165, 1.54) is 0 Å². The SMILES string of the molecule is COc1cc(-c2nnn(C3CCN(C(=O)OC(C)(C)C)CC3)c2C)cn2ncc(Br)c12. The summed E-state index contributed by atoms with van der Waals surface area (Å²) >= 11 is 3.51. The number of amides is 1. The number of pyridine rings is 1. The zero-order valence-electron chi connectivity index (χ0n) is 18.4. The summed E-state index contributed by atoms with van der Waals surface area (Å²) in [6, 6.07) is 2.14. The lowest BCUT2D eigenvalue weighted by atomic mass is 10.0. The van der Waals surface area contributed by atoms with Crippen LogP contribution in [-0.2, 0) is 4.74 Å². The first kappa shape index (κ1) is 21.6. The van der Waals surface area contributed by atoms with Crippen molar-refractivity contribution in [1.82, 2.24) is 29.5 Å². The first-order valence-corrected chi connectivity index (χ1v) is 11.1. The van der Waals surface area contributed by atoms with E-state index in [0.29, 0.717) is 18.8 Å². The lowest BCUT2D eigenvalue weighted by Crippen LogP contribution is -2.42. The van der Waals surface area contributed by atoms with Crippen molar-refractivity contribution in [2.45, 2.75) is 52.2 Å². The molecule has 0 aromatic carbocycles. The highest BCUT2D eigenvalue weighted by atomic mass is 79.9. The quantitative estimate of drug-likeness (QED) is 0.545. The van der Waals surface area contributed by atoms with Crippen LogP contribution in [0.5, 0.6) is 5.75 Å². The number of piperidine rings is 1. The summed E-state index contributed by atoms with van der Waals surface area (Å²) in [5.74, 6) is 0.710. The van der Waals surface area contributed by atoms with E-state index in [-0.39, 0.29) is 12.1 Å². The molecule has 31 heavy (non-hydrogen) atoms. The molecule has 0 saturated carbocycles. The molecule has 4 rings (SSSR count). The van der Waals surface area contributed by atoms with Gasteiger partial charge in [0.2, 0.25) is 0 Å². The summed E-state index contributed by atoms with van der Waals surface area (Å²) < 4.78 is 15.7. The number of hydrogen-bond donors (Lipinski definition) is 0. The van der Waals surface area contributed by atoms with E-state index in [9.17, 15) is 4.79 Å². The van der Waals surface area contributed by atoms with E-state index in [2.05, 4.69) is 31.3 Å². The van der Waals surface area contributed by atoms with Gasteiger partial charge in [-0.15, -0.1) is 5.10 Å². The van der Waals surface area contributed by atoms with E-state index < -0.39 is 5.60 Å². The molecule has 166 valence electrons. The fourth-order valence-electron chi connectivity index (χ4n) is 3.91. The molecule has 1 aliphatic rings. The Labute approximate surface area is 189 Å². The number of ether oxygens (including phenoxy) is 2. The minimum atomic E-state index is -0.488. The third-order valence-corrected chi connectivity index (χ3v) is 6.00. The van der Waals surface area contributed by atoms with Gasteiger partial charge in [0.15, 0.2) is 0 Å². The summed E-state index contributed by atoms with van der Waals surface area (Å²) in [5.41, 5.74) is 3.03. The van der Waals surface area contributed by atoms with Crippen LogP contribution < -0.4 is 4.74 Å². The van der Waals surface area contributed by atoms with Crippen molar-refractivity contribution in [3.63, 3.8) is 0 Å². The summed E-state index contributed by atoms with van der Waals surface area (Å²) in [5, 5.41) is 13.3. The number of rotatable bonds is 3. The topological polar surface area (TPSA) is 86.8 Å². The molecule has 0 bridgehead atoms. The third-order valence-electron chi connectivity index (χ3n) is 5.41. The average Bonchev–Trinajstić information content (AvgIpc) is 3.29. The molecule has 1 fully saturated rings. The normalized spacial score (nSPS) is 15.5. The number of fused-ring (bicyclic) bond motifs is 1. The largest absolute Gasteiger partial charge is 0.494 e. The molecule has 3 aromatic heterocycles. The Bertz CT molecular complexity index is 1110. The number of aromatic nitrogens is 5. The molecule has 0 unspecified atom stereocenters. The van der Waals surface area contributed by atoms with Gasteiger partial charge >= 0.3 is 6.09 Å². The Morgan fingerprint density at radius 1 is 1.26 bits per heavy atom. The molecule has 1 aliphatic heterocycles. The van der Waals surface area contributed by atoms with E-state index in [4.69, 9.17) is 9.47 Å². The van der Waals surface area contributed by atoms with Gasteiger partial charge in [0.1, 0.15) is 22.6 Å². The van der Waals surface area contributed by atoms with Gasteiger partial charge in [-0.1, -0.05) is 5.21 Å². The zero-order valence-corrected chi connectivity index (χ0v) is 20.0. The van der Waals surface area contributed by atoms with Crippen molar-refractivity contribution in [2.24, 2.45) is 0 Å². The molecule has 1 saturated heterocycles. The first-order chi connectivity index (χ1) is 14.7. The van der Waals surface area contributed by atoms with E-state index in [1.54, 1.807) is 22.7 Å². The Hall–Kier alpha value is -2.62. The number of likely N-dealkylation sites (tertiary alicyclic amines) is 1. The summed E-state index contributed by atoms with van der Waals surface area (Å²) in [7, 11) is 1.64. The highest BCUT2D eigenvalue weighted by molar-refractivity contribution is 9.10. The number of carbonyl (C=O) groups excluding carboxylic acids is 1. The van der Waals surface area contributed by atoms with Crippen LogP contribution in [0.3, 0.4) is 0 Å². The minimum absolute atomic E-state index is 0.185. The second-order valence-electron chi connectivity index (χ2n) is 8.75. The third kappa shape index (κ3) is 4.26. The molecule has 0 aliphatic carbocycles. The predicted octanol–water partition coefficient (Wildman–Crippen LogP) is 4.24. The van der Waals surface area contributed by atoms with Gasteiger partial charge < -0.3 is 14.4 Å². The molecule has 4 heterocycles. The Balaban J connectivity index is 1.53. The second kappa shape index (κ2) is 8.14. The van der Waals surface area contributed by atoms with Crippen molar-refractivity contribution < 1.29 is 14.3 Å². The average molecular weight is 491 g/mol. The van der Waals surface area contributed by atoms with E-state index in [1.807, 2.05) is 44.6 Å². The van der Waals surface area contributed by atoms with Gasteiger partial charge in [0.25, 0.3) is 0 Å². The fourth-order valence-corrected chi connectivity index (χ4v) is 4.38. The maximum Gasteiger partial charge on any atom is 0.410 e. The monoisotopic (exact) mass is 490 g/mol. The van der Waals surface area contributed by atoms with Crippen molar-refractivity contribution in [1.29, 1.82) is 0 Å². The van der Waals surface area contributed by atoms with Gasteiger partial charge in [-0.2, -0.15) is 5.10 Å². The zero-order chi connectivity index (χ0) is 22.3. The lowest BCUT2D eigenvalue weighted by molar-refractivity contribution is 0.0184. The first-order valence-electron chi connectivity index (χ1n) is 10.3. The second-order valence-corrected chi connectivity index (χ2v) is 9.60. The Morgan fingerprint density at radius 3 is 2.61 bits per heavy atom. The number of methoxy groups -OCH3 is 1. The van der Waals surface area contributed by atoms with Crippen molar-refractivity contribution >= 4 is 27.5 Å². The Kier molecular flexibility index (Phi) is 5.67. The molecule has 9 nitrogen and oxygen atoms in total. The van der Waals surface area contributed by atoms with E-state index in [0.717, 1.165) is 39.8 Å². The van der Waals surface area contributed by atoms with Crippen LogP contribution in [0, 0.1) is 6.92 Å². The maximum atomic E-state index is 12.3. The standard InChI is InChI=1S/C21H27BrN6O3/c1-13-18(14-10-17(30-5)19-16(22)11-23-27(19)12-14)24-25-28(13)15-6-8-26(9-7-15)20(29)31-21(2,3)4/h10-12,15H,6-9H2,1-5H3. The van der Waals surface area contributed by atoms with Crippen LogP contribution in [0.15, 0.2) is 22.9 Å². The van der Waals surface area contributed by atoms with Crippen molar-refractivity contribution in [2.75, 3.05) is 20.2 Å². The highest BCUT2D eigenvalue weighted by Gasteiger charge is 2.29. The fraction of sp³-hybridized carbons (Fsp3) is 0.524. The summed E-state index contributed by atoms with van der Waals surface area (Å²) in [6.07, 6.45) is 5.01. The number of carbonyl (C=O) groups is 1. The van der Waals surface area contributed by atoms with Crippen LogP contribution >= 0.6 is 15.9 Å². The van der Waals surface area contributed by atoms with E-state index >= 15 is 0 Å². The highest BCUT2D eigenvalue weighted by Crippen LogP contribution is 2.33. The van der Waals surface area contributed by atoms with Gasteiger partial charge in [-0.3, -0.25) is 0 Å². The van der Waals surface area contributed by atoms with Crippen molar-refractivity contribution in [3.05, 3.63) is 28.6 Å². The molecule has 10 heteroatoms. The molecular formula is C21H27BrN6O3. The Morgan fingerprint density at radius 2 is 1.97 bits per heavy atom. The molecule has 0 atom stereocenters. The molecule has 0 spiro atoms. The predicted molar refractivity (Wildman–Crippen MR) is 119 cm³/mol. The number of hydrogen-bond acceptors (Lipinski definition) is 6. The minimum Gasteiger partial charge on any atom is -0.494 e. The number of halogens is 1. The summed E-state index contributed by atoms with van der Waals surface area (Å²) in [4.78, 5) is 14.1. The molecule has 0 radical (unpaired) electrons. The van der Waals surface area contributed by atoms with Crippen LogP contribution in [0.25, 0.3) is 16.8 Å². The maximum absolute atomic E-state index is 12.3. The smallest absolute Gasteiger partial charge is 0.410 e. The van der Waals surface area contributed by atoms with Crippen LogP contribution in [0.1, 0.15) is 45.3 Å². The molecular weight excluding hydrogens is 464 g/mol. The molecule has 0 N–H and O–H groups in total. The lowest BCUT2D eigenvalue weighted by Gasteiger charge is -2.33. The van der Waals surface area contributed by atoms with Gasteiger partial charge in [0, 0.05) is 24.8 Å². The van der Waals surface area contributed by atoms with Crippen LogP contribution in [0.2, 0.25) is 0 Å². The summed E-state index contributed by atoms with van der Waals surface area (Å²) in [6.45, 7) is 8.93. The van der Waals surface area contributed by atoms with Gasteiger partial charge in [-0.25, -0.2) is 14.0 Å². The van der Waals surface area contributed by atoms with Gasteiger partial charge in [0.05, 0.1) is 29.5 Å². The number of nitrogens with zero attached hydrogens (tertiary/aromatic N) is 6. The van der Waals surface area contributed by atoms with Crippen LogP contribution in [-0.4, -0.2) is 61.4 Å². The van der Waals surface area contributed by atoms with Gasteiger partial charge in [-0.05, 0) is 62.5 Å².